The van der Waals surface area contributed by atoms with Crippen LogP contribution < -0.4 is 9.47 Å². The van der Waals surface area contributed by atoms with Gasteiger partial charge in [-0.2, -0.15) is 0 Å². The number of hydrogen-bond acceptors (Lipinski definition) is 3. The van der Waals surface area contributed by atoms with E-state index < -0.39 is 16.8 Å². The van der Waals surface area contributed by atoms with Crippen LogP contribution in [0.15, 0.2) is 49.1 Å². The standard InChI is InChI=1S/C19H19FO3/c1-5-18(2,3)19(21)16-12(20)8-6-10-14(16)23-15-11-7-9-13(22-4)17(15)19/h5-11,21H,1H2,2-4H3. The van der Waals surface area contributed by atoms with Gasteiger partial charge >= 0.3 is 0 Å². The molecular formula is C19H19FO3. The Morgan fingerprint density at radius 3 is 2.39 bits per heavy atom. The Morgan fingerprint density at radius 2 is 1.78 bits per heavy atom. The molecule has 1 N–H and O–H groups in total. The van der Waals surface area contributed by atoms with Gasteiger partial charge in [-0.15, -0.1) is 6.58 Å². The number of benzene rings is 2. The second-order valence-electron chi connectivity index (χ2n) is 6.18. The van der Waals surface area contributed by atoms with Crippen molar-refractivity contribution >= 4 is 0 Å². The molecule has 23 heavy (non-hydrogen) atoms. The van der Waals surface area contributed by atoms with Gasteiger partial charge in [-0.05, 0) is 24.3 Å². The Labute approximate surface area is 135 Å². The summed E-state index contributed by atoms with van der Waals surface area (Å²) in [6.45, 7) is 7.43. The smallest absolute Gasteiger partial charge is 0.137 e. The van der Waals surface area contributed by atoms with Crippen LogP contribution in [0.4, 0.5) is 4.39 Å². The van der Waals surface area contributed by atoms with Crippen molar-refractivity contribution in [1.82, 2.24) is 0 Å². The Hall–Kier alpha value is -2.33. The summed E-state index contributed by atoms with van der Waals surface area (Å²) in [5.74, 6) is 0.647. The second kappa shape index (κ2) is 5.10. The van der Waals surface area contributed by atoms with Crippen molar-refractivity contribution < 1.29 is 19.0 Å². The van der Waals surface area contributed by atoms with Gasteiger partial charge in [0.2, 0.25) is 0 Å². The molecule has 0 radical (unpaired) electrons. The molecule has 0 spiro atoms. The first-order chi connectivity index (χ1) is 10.9. The van der Waals surface area contributed by atoms with Crippen LogP contribution in [-0.2, 0) is 5.60 Å². The monoisotopic (exact) mass is 314 g/mol. The van der Waals surface area contributed by atoms with Gasteiger partial charge in [0.25, 0.3) is 0 Å². The van der Waals surface area contributed by atoms with Gasteiger partial charge in [-0.1, -0.05) is 32.1 Å². The van der Waals surface area contributed by atoms with Gasteiger partial charge in [0.05, 0.1) is 18.2 Å². The molecule has 2 aromatic carbocycles. The van der Waals surface area contributed by atoms with Gasteiger partial charge in [-0.3, -0.25) is 0 Å². The van der Waals surface area contributed by atoms with Crippen molar-refractivity contribution in [2.75, 3.05) is 7.11 Å². The number of fused-ring (bicyclic) bond motifs is 2. The lowest BCUT2D eigenvalue weighted by Gasteiger charge is -2.45. The highest BCUT2D eigenvalue weighted by atomic mass is 19.1. The topological polar surface area (TPSA) is 38.7 Å². The van der Waals surface area contributed by atoms with Crippen molar-refractivity contribution in [2.45, 2.75) is 19.4 Å². The highest BCUT2D eigenvalue weighted by Gasteiger charge is 2.53. The molecular weight excluding hydrogens is 295 g/mol. The lowest BCUT2D eigenvalue weighted by atomic mass is 9.65. The van der Waals surface area contributed by atoms with E-state index in [0.717, 1.165) is 0 Å². The first-order valence-electron chi connectivity index (χ1n) is 7.37. The zero-order valence-corrected chi connectivity index (χ0v) is 13.4. The lowest BCUT2D eigenvalue weighted by molar-refractivity contribution is -0.0217. The van der Waals surface area contributed by atoms with Crippen LogP contribution in [0.25, 0.3) is 0 Å². The molecule has 0 fully saturated rings. The van der Waals surface area contributed by atoms with Gasteiger partial charge in [0.15, 0.2) is 0 Å². The average molecular weight is 314 g/mol. The maximum atomic E-state index is 14.6. The minimum Gasteiger partial charge on any atom is -0.496 e. The molecule has 0 aliphatic carbocycles. The number of hydrogen-bond donors (Lipinski definition) is 1. The third kappa shape index (κ3) is 1.98. The predicted octanol–water partition coefficient (Wildman–Crippen LogP) is 4.39. The molecule has 1 unspecified atom stereocenters. The third-order valence-electron chi connectivity index (χ3n) is 4.57. The van der Waals surface area contributed by atoms with E-state index in [2.05, 4.69) is 6.58 Å². The molecule has 1 aliphatic rings. The Kier molecular flexibility index (Phi) is 3.45. The van der Waals surface area contributed by atoms with Crippen LogP contribution in [0.3, 0.4) is 0 Å². The van der Waals surface area contributed by atoms with Gasteiger partial charge < -0.3 is 14.6 Å². The molecule has 0 saturated carbocycles. The maximum absolute atomic E-state index is 14.6. The minimum atomic E-state index is -1.67. The SMILES string of the molecule is C=CC(C)(C)C1(O)c2c(F)cccc2Oc2cccc(OC)c21. The van der Waals surface area contributed by atoms with Crippen molar-refractivity contribution in [3.8, 4) is 17.2 Å². The molecule has 120 valence electrons. The van der Waals surface area contributed by atoms with E-state index in [1.165, 1.54) is 13.2 Å². The van der Waals surface area contributed by atoms with E-state index in [1.807, 2.05) is 0 Å². The normalized spacial score (nSPS) is 19.3. The summed E-state index contributed by atoms with van der Waals surface area (Å²) in [6, 6.07) is 9.73. The first kappa shape index (κ1) is 15.6. The van der Waals surface area contributed by atoms with Crippen LogP contribution in [0, 0.1) is 11.2 Å². The average Bonchev–Trinajstić information content (AvgIpc) is 2.54. The first-order valence-corrected chi connectivity index (χ1v) is 7.37. The highest BCUT2D eigenvalue weighted by molar-refractivity contribution is 5.62. The van der Waals surface area contributed by atoms with Crippen LogP contribution in [-0.4, -0.2) is 12.2 Å². The van der Waals surface area contributed by atoms with Crippen LogP contribution in [0.1, 0.15) is 25.0 Å². The predicted molar refractivity (Wildman–Crippen MR) is 86.4 cm³/mol. The molecule has 0 bridgehead atoms. The summed E-state index contributed by atoms with van der Waals surface area (Å²) < 4.78 is 25.9. The summed E-state index contributed by atoms with van der Waals surface area (Å²) in [7, 11) is 1.51. The van der Waals surface area contributed by atoms with Crippen LogP contribution in [0.2, 0.25) is 0 Å². The number of ether oxygens (including phenoxy) is 2. The van der Waals surface area contributed by atoms with Gasteiger partial charge in [0, 0.05) is 5.41 Å². The molecule has 1 aliphatic heterocycles. The largest absolute Gasteiger partial charge is 0.496 e. The lowest BCUT2D eigenvalue weighted by Crippen LogP contribution is -2.44. The minimum absolute atomic E-state index is 0.0990. The molecule has 0 saturated heterocycles. The fraction of sp³-hybridized carbons (Fsp3) is 0.263. The summed E-state index contributed by atoms with van der Waals surface area (Å²) in [5, 5.41) is 11.7. The molecule has 2 aromatic rings. The van der Waals surface area contributed by atoms with E-state index >= 15 is 0 Å². The van der Waals surface area contributed by atoms with E-state index in [-0.39, 0.29) is 5.56 Å². The summed E-state index contributed by atoms with van der Waals surface area (Å²) in [5.41, 5.74) is -2.03. The second-order valence-corrected chi connectivity index (χ2v) is 6.18. The molecule has 3 nitrogen and oxygen atoms in total. The highest BCUT2D eigenvalue weighted by Crippen LogP contribution is 2.58. The summed E-state index contributed by atoms with van der Waals surface area (Å²) in [4.78, 5) is 0. The summed E-state index contributed by atoms with van der Waals surface area (Å²) in [6.07, 6.45) is 1.62. The molecule has 0 amide bonds. The zero-order chi connectivity index (χ0) is 16.8. The molecule has 0 aromatic heterocycles. The van der Waals surface area contributed by atoms with Crippen molar-refractivity contribution in [3.05, 3.63) is 66.0 Å². The Balaban J connectivity index is 2.45. The quantitative estimate of drug-likeness (QED) is 0.854. The number of halogens is 1. The molecule has 1 atom stereocenters. The van der Waals surface area contributed by atoms with Gasteiger partial charge in [-0.25, -0.2) is 4.39 Å². The van der Waals surface area contributed by atoms with E-state index in [9.17, 15) is 9.50 Å². The fourth-order valence-corrected chi connectivity index (χ4v) is 3.10. The zero-order valence-electron chi connectivity index (χ0n) is 13.4. The van der Waals surface area contributed by atoms with Crippen LogP contribution >= 0.6 is 0 Å². The molecule has 3 rings (SSSR count). The Bertz CT molecular complexity index is 782. The van der Waals surface area contributed by atoms with E-state index in [1.54, 1.807) is 50.3 Å². The Morgan fingerprint density at radius 1 is 1.17 bits per heavy atom. The van der Waals surface area contributed by atoms with E-state index in [0.29, 0.717) is 22.8 Å². The van der Waals surface area contributed by atoms with Gasteiger partial charge in [0.1, 0.15) is 28.7 Å². The number of rotatable bonds is 3. The fourth-order valence-electron chi connectivity index (χ4n) is 3.10. The molecule has 1 heterocycles. The summed E-state index contributed by atoms with van der Waals surface area (Å²) >= 11 is 0. The van der Waals surface area contributed by atoms with Crippen LogP contribution in [0.5, 0.6) is 17.2 Å². The number of methoxy groups -OCH3 is 1. The third-order valence-corrected chi connectivity index (χ3v) is 4.57. The van der Waals surface area contributed by atoms with E-state index in [4.69, 9.17) is 9.47 Å². The maximum Gasteiger partial charge on any atom is 0.137 e. The molecule has 4 heteroatoms. The number of aliphatic hydroxyl groups is 1. The van der Waals surface area contributed by atoms with Crippen molar-refractivity contribution in [1.29, 1.82) is 0 Å². The van der Waals surface area contributed by atoms with Crippen molar-refractivity contribution in [2.24, 2.45) is 5.41 Å². The van der Waals surface area contributed by atoms with Crippen molar-refractivity contribution in [3.63, 3.8) is 0 Å².